The summed E-state index contributed by atoms with van der Waals surface area (Å²) in [6, 6.07) is 4.58. The summed E-state index contributed by atoms with van der Waals surface area (Å²) in [4.78, 5) is 11.6. The van der Waals surface area contributed by atoms with Gasteiger partial charge in [0.15, 0.2) is 11.6 Å². The molecular weight excluding hydrogens is 282 g/mol. The molecule has 0 aliphatic heterocycles. The lowest BCUT2D eigenvalue weighted by atomic mass is 10.3. The van der Waals surface area contributed by atoms with E-state index in [4.69, 9.17) is 10.5 Å². The van der Waals surface area contributed by atoms with Crippen LogP contribution in [-0.4, -0.2) is 24.7 Å². The molecule has 0 bridgehead atoms. The van der Waals surface area contributed by atoms with Crippen LogP contribution in [0.25, 0.3) is 5.95 Å². The van der Waals surface area contributed by atoms with Gasteiger partial charge in [0.1, 0.15) is 5.75 Å². The topological polar surface area (TPSA) is 91.7 Å². The van der Waals surface area contributed by atoms with Crippen molar-refractivity contribution in [3.8, 4) is 17.7 Å². The van der Waals surface area contributed by atoms with Crippen LogP contribution in [0.1, 0.15) is 0 Å². The Morgan fingerprint density at radius 1 is 1.10 bits per heavy atom. The third-order valence-corrected chi connectivity index (χ3v) is 2.43. The highest BCUT2D eigenvalue weighted by atomic mass is 19.2. The number of anilines is 1. The van der Waals surface area contributed by atoms with E-state index in [1.807, 2.05) is 0 Å². The van der Waals surface area contributed by atoms with E-state index in [0.717, 1.165) is 12.1 Å². The van der Waals surface area contributed by atoms with Crippen LogP contribution in [0, 0.1) is 11.6 Å². The first kappa shape index (κ1) is 12.9. The highest BCUT2D eigenvalue weighted by Gasteiger charge is 2.10. The third kappa shape index (κ3) is 2.76. The molecule has 0 saturated heterocycles. The van der Waals surface area contributed by atoms with Crippen molar-refractivity contribution in [1.82, 2.24) is 24.7 Å². The van der Waals surface area contributed by atoms with Gasteiger partial charge in [-0.15, -0.1) is 0 Å². The summed E-state index contributed by atoms with van der Waals surface area (Å²) >= 11 is 0. The molecular formula is C12H8F2N6O. The summed E-state index contributed by atoms with van der Waals surface area (Å²) in [5.41, 5.74) is 5.56. The van der Waals surface area contributed by atoms with Gasteiger partial charge in [-0.05, 0) is 18.2 Å². The summed E-state index contributed by atoms with van der Waals surface area (Å²) in [7, 11) is 0. The van der Waals surface area contributed by atoms with Crippen LogP contribution in [0.5, 0.6) is 11.8 Å². The fourth-order valence-corrected chi connectivity index (χ4v) is 1.54. The molecule has 3 rings (SSSR count). The SMILES string of the molecule is Nc1nc(Oc2ccc(F)c(F)c2)nc(-n2cccn2)n1. The molecule has 0 radical (unpaired) electrons. The van der Waals surface area contributed by atoms with E-state index in [1.54, 1.807) is 12.3 Å². The van der Waals surface area contributed by atoms with Crippen molar-refractivity contribution < 1.29 is 13.5 Å². The van der Waals surface area contributed by atoms with E-state index in [9.17, 15) is 8.78 Å². The third-order valence-electron chi connectivity index (χ3n) is 2.43. The van der Waals surface area contributed by atoms with Gasteiger partial charge in [0, 0.05) is 18.5 Å². The van der Waals surface area contributed by atoms with E-state index in [-0.39, 0.29) is 23.7 Å². The molecule has 2 heterocycles. The van der Waals surface area contributed by atoms with Crippen molar-refractivity contribution >= 4 is 5.95 Å². The second kappa shape index (κ2) is 5.12. The fourth-order valence-electron chi connectivity index (χ4n) is 1.54. The first-order valence-corrected chi connectivity index (χ1v) is 5.76. The summed E-state index contributed by atoms with van der Waals surface area (Å²) in [5.74, 6) is -1.93. The molecule has 0 aliphatic rings. The maximum absolute atomic E-state index is 13.1. The van der Waals surface area contributed by atoms with Crippen molar-refractivity contribution in [3.63, 3.8) is 0 Å². The summed E-state index contributed by atoms with van der Waals surface area (Å²) in [5, 5.41) is 3.94. The Balaban J connectivity index is 1.93. The molecule has 2 aromatic heterocycles. The van der Waals surface area contributed by atoms with Crippen molar-refractivity contribution in [1.29, 1.82) is 0 Å². The predicted molar refractivity (Wildman–Crippen MR) is 67.8 cm³/mol. The summed E-state index contributed by atoms with van der Waals surface area (Å²) in [6.07, 6.45) is 3.14. The highest BCUT2D eigenvalue weighted by Crippen LogP contribution is 2.21. The van der Waals surface area contributed by atoms with E-state index < -0.39 is 11.6 Å². The van der Waals surface area contributed by atoms with Crippen LogP contribution in [0.4, 0.5) is 14.7 Å². The van der Waals surface area contributed by atoms with Crippen molar-refractivity contribution in [2.24, 2.45) is 0 Å². The number of halogens is 2. The zero-order chi connectivity index (χ0) is 14.8. The van der Waals surface area contributed by atoms with Gasteiger partial charge in [-0.1, -0.05) is 0 Å². The zero-order valence-corrected chi connectivity index (χ0v) is 10.4. The molecule has 0 aliphatic carbocycles. The number of nitrogens with two attached hydrogens (primary N) is 1. The van der Waals surface area contributed by atoms with Crippen LogP contribution in [0.2, 0.25) is 0 Å². The van der Waals surface area contributed by atoms with Crippen molar-refractivity contribution in [2.45, 2.75) is 0 Å². The van der Waals surface area contributed by atoms with E-state index >= 15 is 0 Å². The Kier molecular flexibility index (Phi) is 3.14. The lowest BCUT2D eigenvalue weighted by Crippen LogP contribution is -2.08. The van der Waals surface area contributed by atoms with Gasteiger partial charge in [0.25, 0.3) is 5.95 Å². The van der Waals surface area contributed by atoms with Gasteiger partial charge < -0.3 is 10.5 Å². The Labute approximate surface area is 117 Å². The Morgan fingerprint density at radius 3 is 2.67 bits per heavy atom. The number of hydrogen-bond donors (Lipinski definition) is 1. The maximum atomic E-state index is 13.1. The number of nitrogens with zero attached hydrogens (tertiary/aromatic N) is 5. The molecule has 0 spiro atoms. The number of rotatable bonds is 3. The molecule has 0 fully saturated rings. The molecule has 1 aromatic carbocycles. The molecule has 3 aromatic rings. The van der Waals surface area contributed by atoms with Gasteiger partial charge in [0.2, 0.25) is 5.95 Å². The Hall–Kier alpha value is -3.10. The highest BCUT2D eigenvalue weighted by molar-refractivity contribution is 5.29. The fraction of sp³-hybridized carbons (Fsp3) is 0. The second-order valence-corrected chi connectivity index (χ2v) is 3.90. The van der Waals surface area contributed by atoms with E-state index in [0.29, 0.717) is 0 Å². The molecule has 2 N–H and O–H groups in total. The van der Waals surface area contributed by atoms with Gasteiger partial charge in [-0.2, -0.15) is 20.1 Å². The average molecular weight is 290 g/mol. The largest absolute Gasteiger partial charge is 0.424 e. The number of hydrogen-bond acceptors (Lipinski definition) is 6. The van der Waals surface area contributed by atoms with Gasteiger partial charge >= 0.3 is 6.01 Å². The van der Waals surface area contributed by atoms with Gasteiger partial charge in [-0.3, -0.25) is 0 Å². The van der Waals surface area contributed by atoms with Crippen LogP contribution in [0.3, 0.4) is 0 Å². The smallest absolute Gasteiger partial charge is 0.328 e. The maximum Gasteiger partial charge on any atom is 0.328 e. The molecule has 7 nitrogen and oxygen atoms in total. The lowest BCUT2D eigenvalue weighted by Gasteiger charge is -2.06. The van der Waals surface area contributed by atoms with Crippen LogP contribution in [0.15, 0.2) is 36.7 Å². The van der Waals surface area contributed by atoms with Crippen molar-refractivity contribution in [3.05, 3.63) is 48.3 Å². The standard InChI is InChI=1S/C12H8F2N6O/c13-8-3-2-7(6-9(8)14)21-12-18-10(15)17-11(19-12)20-5-1-4-16-20/h1-6H,(H2,15,17,18,19). The van der Waals surface area contributed by atoms with Crippen molar-refractivity contribution in [2.75, 3.05) is 5.73 Å². The molecule has 21 heavy (non-hydrogen) atoms. The van der Waals surface area contributed by atoms with Crippen LogP contribution >= 0.6 is 0 Å². The number of ether oxygens (including phenoxy) is 1. The molecule has 0 unspecified atom stereocenters. The van der Waals surface area contributed by atoms with Gasteiger partial charge in [-0.25, -0.2) is 13.5 Å². The van der Waals surface area contributed by atoms with E-state index in [1.165, 1.54) is 16.9 Å². The Morgan fingerprint density at radius 2 is 1.95 bits per heavy atom. The summed E-state index contributed by atoms with van der Waals surface area (Å²) < 4.78 is 32.6. The molecule has 0 amide bonds. The zero-order valence-electron chi connectivity index (χ0n) is 10.4. The number of benzene rings is 1. The predicted octanol–water partition coefficient (Wildman–Crippen LogP) is 1.71. The monoisotopic (exact) mass is 290 g/mol. The molecule has 106 valence electrons. The Bertz CT molecular complexity index is 777. The quantitative estimate of drug-likeness (QED) is 0.789. The second-order valence-electron chi connectivity index (χ2n) is 3.90. The average Bonchev–Trinajstić information content (AvgIpc) is 2.96. The molecule has 0 saturated carbocycles. The number of nitrogen functional groups attached to an aromatic ring is 1. The van der Waals surface area contributed by atoms with Gasteiger partial charge in [0.05, 0.1) is 0 Å². The normalized spacial score (nSPS) is 10.6. The minimum atomic E-state index is -1.04. The minimum absolute atomic E-state index is 0.0333. The summed E-state index contributed by atoms with van der Waals surface area (Å²) in [6.45, 7) is 0. The number of aromatic nitrogens is 5. The minimum Gasteiger partial charge on any atom is -0.424 e. The molecule has 0 atom stereocenters. The van der Waals surface area contributed by atoms with E-state index in [2.05, 4.69) is 20.1 Å². The lowest BCUT2D eigenvalue weighted by molar-refractivity contribution is 0.428. The first-order valence-electron chi connectivity index (χ1n) is 5.76. The van der Waals surface area contributed by atoms with Crippen LogP contribution in [-0.2, 0) is 0 Å². The van der Waals surface area contributed by atoms with Crippen LogP contribution < -0.4 is 10.5 Å². The first-order chi connectivity index (χ1) is 10.1. The molecule has 9 heteroatoms.